The third-order valence-corrected chi connectivity index (χ3v) is 3.19. The monoisotopic (exact) mass is 275 g/mol. The molecule has 0 aliphatic heterocycles. The van der Waals surface area contributed by atoms with Gasteiger partial charge in [0.25, 0.3) is 5.91 Å². The summed E-state index contributed by atoms with van der Waals surface area (Å²) in [6.07, 6.45) is 0. The molecule has 0 aliphatic rings. The van der Waals surface area contributed by atoms with Crippen LogP contribution in [0.3, 0.4) is 0 Å². The molecule has 5 nitrogen and oxygen atoms in total. The van der Waals surface area contributed by atoms with Gasteiger partial charge in [-0.05, 0) is 19.1 Å². The fraction of sp³-hybridized carbons (Fsp3) is 0.154. The van der Waals surface area contributed by atoms with Crippen molar-refractivity contribution >= 4 is 28.3 Å². The largest absolute Gasteiger partial charge is 0.343 e. The van der Waals surface area contributed by atoms with Crippen molar-refractivity contribution in [1.82, 2.24) is 10.3 Å². The lowest BCUT2D eigenvalue weighted by Crippen LogP contribution is -2.32. The third-order valence-electron chi connectivity index (χ3n) is 2.31. The number of nitrogens with one attached hydrogen (secondary N) is 2. The number of nitrogens with zero attached hydrogens (tertiary/aromatic N) is 1. The summed E-state index contributed by atoms with van der Waals surface area (Å²) < 4.78 is 0. The normalized spacial score (nSPS) is 9.95. The summed E-state index contributed by atoms with van der Waals surface area (Å²) >= 11 is 1.35. The van der Waals surface area contributed by atoms with Crippen LogP contribution in [0.4, 0.5) is 5.13 Å². The molecular formula is C13H13N3O2S. The minimum absolute atomic E-state index is 0.0770. The molecule has 1 aromatic carbocycles. The highest BCUT2D eigenvalue weighted by Crippen LogP contribution is 2.13. The van der Waals surface area contributed by atoms with Crippen LogP contribution in [0.15, 0.2) is 35.7 Å². The standard InChI is InChI=1S/C13H13N3O2S/c1-9-8-19-13(15-9)16-11(17)7-14-12(18)10-5-3-2-4-6-10/h2-6,8H,7H2,1H3,(H,14,18)(H,15,16,17). The van der Waals surface area contributed by atoms with Gasteiger partial charge in [-0.15, -0.1) is 11.3 Å². The molecule has 1 aromatic heterocycles. The molecular weight excluding hydrogens is 262 g/mol. The van der Waals surface area contributed by atoms with Crippen molar-refractivity contribution in [2.24, 2.45) is 0 Å². The number of benzene rings is 1. The molecule has 0 unspecified atom stereocenters. The van der Waals surface area contributed by atoms with Crippen LogP contribution in [0.25, 0.3) is 0 Å². The van der Waals surface area contributed by atoms with Crippen LogP contribution in [0.5, 0.6) is 0 Å². The SMILES string of the molecule is Cc1csc(NC(=O)CNC(=O)c2ccccc2)n1. The van der Waals surface area contributed by atoms with E-state index in [0.29, 0.717) is 10.7 Å². The first-order valence-corrected chi connectivity index (χ1v) is 6.58. The Morgan fingerprint density at radius 3 is 2.63 bits per heavy atom. The lowest BCUT2D eigenvalue weighted by atomic mass is 10.2. The van der Waals surface area contributed by atoms with E-state index < -0.39 is 0 Å². The highest BCUT2D eigenvalue weighted by Gasteiger charge is 2.08. The van der Waals surface area contributed by atoms with Crippen LogP contribution < -0.4 is 10.6 Å². The lowest BCUT2D eigenvalue weighted by Gasteiger charge is -2.04. The predicted octanol–water partition coefficient (Wildman–Crippen LogP) is 1.82. The number of aromatic nitrogens is 1. The average Bonchev–Trinajstić information content (AvgIpc) is 2.82. The number of rotatable bonds is 4. The molecule has 0 aliphatic carbocycles. The topological polar surface area (TPSA) is 71.1 Å². The van der Waals surface area contributed by atoms with Gasteiger partial charge in [-0.1, -0.05) is 18.2 Å². The van der Waals surface area contributed by atoms with Crippen molar-refractivity contribution in [3.8, 4) is 0 Å². The molecule has 0 radical (unpaired) electrons. The van der Waals surface area contributed by atoms with E-state index in [-0.39, 0.29) is 18.4 Å². The summed E-state index contributed by atoms with van der Waals surface area (Å²) in [4.78, 5) is 27.4. The number of hydrogen-bond donors (Lipinski definition) is 2. The Balaban J connectivity index is 1.82. The molecule has 19 heavy (non-hydrogen) atoms. The van der Waals surface area contributed by atoms with Crippen molar-refractivity contribution < 1.29 is 9.59 Å². The van der Waals surface area contributed by atoms with Crippen molar-refractivity contribution in [3.63, 3.8) is 0 Å². The van der Waals surface area contributed by atoms with Crippen LogP contribution >= 0.6 is 11.3 Å². The first kappa shape index (κ1) is 13.2. The van der Waals surface area contributed by atoms with Crippen molar-refractivity contribution in [2.75, 3.05) is 11.9 Å². The molecule has 0 fully saturated rings. The molecule has 98 valence electrons. The number of anilines is 1. The Morgan fingerprint density at radius 1 is 1.26 bits per heavy atom. The number of carbonyl (C=O) groups is 2. The molecule has 0 atom stereocenters. The average molecular weight is 275 g/mol. The van der Waals surface area contributed by atoms with Gasteiger partial charge in [-0.2, -0.15) is 0 Å². The Kier molecular flexibility index (Phi) is 4.25. The predicted molar refractivity (Wildman–Crippen MR) is 74.3 cm³/mol. The Hall–Kier alpha value is -2.21. The van der Waals surface area contributed by atoms with Gasteiger partial charge in [0.2, 0.25) is 5.91 Å². The van der Waals surface area contributed by atoms with Crippen LogP contribution in [-0.2, 0) is 4.79 Å². The summed E-state index contributed by atoms with van der Waals surface area (Å²) in [5.41, 5.74) is 1.38. The van der Waals surface area contributed by atoms with Gasteiger partial charge < -0.3 is 10.6 Å². The van der Waals surface area contributed by atoms with E-state index in [1.165, 1.54) is 11.3 Å². The van der Waals surface area contributed by atoms with E-state index >= 15 is 0 Å². The third kappa shape index (κ3) is 3.89. The molecule has 0 saturated heterocycles. The highest BCUT2D eigenvalue weighted by molar-refractivity contribution is 7.13. The van der Waals surface area contributed by atoms with Crippen LogP contribution in [-0.4, -0.2) is 23.3 Å². The van der Waals surface area contributed by atoms with E-state index in [0.717, 1.165) is 5.69 Å². The first-order valence-electron chi connectivity index (χ1n) is 5.70. The minimum atomic E-state index is -0.293. The quantitative estimate of drug-likeness (QED) is 0.894. The summed E-state index contributed by atoms with van der Waals surface area (Å²) in [6.45, 7) is 1.77. The zero-order valence-electron chi connectivity index (χ0n) is 10.3. The van der Waals surface area contributed by atoms with E-state index in [9.17, 15) is 9.59 Å². The van der Waals surface area contributed by atoms with Crippen molar-refractivity contribution in [3.05, 3.63) is 47.0 Å². The van der Waals surface area contributed by atoms with E-state index in [4.69, 9.17) is 0 Å². The Bertz CT molecular complexity index is 581. The van der Waals surface area contributed by atoms with Gasteiger partial charge in [0, 0.05) is 10.9 Å². The first-order chi connectivity index (χ1) is 9.15. The molecule has 2 rings (SSSR count). The van der Waals surface area contributed by atoms with E-state index in [1.807, 2.05) is 18.4 Å². The number of thiazole rings is 1. The van der Waals surface area contributed by atoms with Crippen molar-refractivity contribution in [1.29, 1.82) is 0 Å². The molecule has 6 heteroatoms. The van der Waals surface area contributed by atoms with Gasteiger partial charge in [0.1, 0.15) is 0 Å². The van der Waals surface area contributed by atoms with Gasteiger partial charge in [0.05, 0.1) is 12.2 Å². The zero-order chi connectivity index (χ0) is 13.7. The molecule has 0 saturated carbocycles. The fourth-order valence-electron chi connectivity index (χ4n) is 1.43. The molecule has 0 bridgehead atoms. The molecule has 2 amide bonds. The van der Waals surface area contributed by atoms with Crippen LogP contribution in [0.1, 0.15) is 16.1 Å². The smallest absolute Gasteiger partial charge is 0.251 e. The number of carbonyl (C=O) groups excluding carboxylic acids is 2. The van der Waals surface area contributed by atoms with Gasteiger partial charge >= 0.3 is 0 Å². The van der Waals surface area contributed by atoms with Crippen LogP contribution in [0, 0.1) is 6.92 Å². The highest BCUT2D eigenvalue weighted by atomic mass is 32.1. The van der Waals surface area contributed by atoms with Gasteiger partial charge in [-0.25, -0.2) is 4.98 Å². The summed E-state index contributed by atoms with van der Waals surface area (Å²) in [5.74, 6) is -0.565. The number of hydrogen-bond acceptors (Lipinski definition) is 4. The maximum atomic E-state index is 11.7. The molecule has 1 heterocycles. The fourth-order valence-corrected chi connectivity index (χ4v) is 2.13. The summed E-state index contributed by atoms with van der Waals surface area (Å²) in [6, 6.07) is 8.75. The Labute approximate surface area is 114 Å². The number of amides is 2. The second kappa shape index (κ2) is 6.10. The molecule has 2 aromatic rings. The summed E-state index contributed by atoms with van der Waals surface area (Å²) in [5, 5.41) is 7.56. The lowest BCUT2D eigenvalue weighted by molar-refractivity contribution is -0.115. The molecule has 0 spiro atoms. The second-order valence-electron chi connectivity index (χ2n) is 3.89. The van der Waals surface area contributed by atoms with Gasteiger partial charge in [-0.3, -0.25) is 9.59 Å². The van der Waals surface area contributed by atoms with Crippen LogP contribution in [0.2, 0.25) is 0 Å². The zero-order valence-corrected chi connectivity index (χ0v) is 11.2. The second-order valence-corrected chi connectivity index (χ2v) is 4.75. The maximum Gasteiger partial charge on any atom is 0.251 e. The van der Waals surface area contributed by atoms with E-state index in [2.05, 4.69) is 15.6 Å². The Morgan fingerprint density at radius 2 is 2.00 bits per heavy atom. The maximum absolute atomic E-state index is 11.7. The molecule has 2 N–H and O–H groups in total. The van der Waals surface area contributed by atoms with E-state index in [1.54, 1.807) is 24.3 Å². The van der Waals surface area contributed by atoms with Gasteiger partial charge in [0.15, 0.2) is 5.13 Å². The number of aryl methyl sites for hydroxylation is 1. The van der Waals surface area contributed by atoms with Crippen molar-refractivity contribution in [2.45, 2.75) is 6.92 Å². The summed E-state index contributed by atoms with van der Waals surface area (Å²) in [7, 11) is 0. The minimum Gasteiger partial charge on any atom is -0.343 e.